The zero-order valence-electron chi connectivity index (χ0n) is 23.7. The topological polar surface area (TPSA) is 68.7 Å². The Hall–Kier alpha value is -2.16. The molecule has 2 fully saturated rings. The number of hydrogen-bond acceptors (Lipinski definition) is 7. The van der Waals surface area contributed by atoms with Crippen LogP contribution in [0.15, 0.2) is 30.3 Å². The van der Waals surface area contributed by atoms with Crippen LogP contribution in [0.25, 0.3) is 11.3 Å². The van der Waals surface area contributed by atoms with E-state index < -0.39 is 7.12 Å². The lowest BCUT2D eigenvalue weighted by Gasteiger charge is -2.49. The van der Waals surface area contributed by atoms with Gasteiger partial charge in [0.05, 0.1) is 24.5 Å². The molecular formula is C28H43BN4O3. The molecule has 2 aliphatic heterocycles. The fourth-order valence-corrected chi connectivity index (χ4v) is 6.23. The molecule has 0 spiro atoms. The summed E-state index contributed by atoms with van der Waals surface area (Å²) in [6, 6.07) is 10.5. The van der Waals surface area contributed by atoms with Gasteiger partial charge in [-0.25, -0.2) is 0 Å². The molecule has 2 saturated heterocycles. The second-order valence-corrected chi connectivity index (χ2v) is 12.7. The summed E-state index contributed by atoms with van der Waals surface area (Å²) in [5.74, 6) is 1.96. The number of rotatable bonds is 6. The van der Waals surface area contributed by atoms with Crippen molar-refractivity contribution >= 4 is 18.4 Å². The molecule has 1 N–H and O–H groups in total. The quantitative estimate of drug-likeness (QED) is 0.596. The van der Waals surface area contributed by atoms with Gasteiger partial charge in [0, 0.05) is 29.7 Å². The highest BCUT2D eigenvalue weighted by Crippen LogP contribution is 2.35. The van der Waals surface area contributed by atoms with Crippen LogP contribution in [0.1, 0.15) is 68.2 Å². The van der Waals surface area contributed by atoms with Gasteiger partial charge in [0.25, 0.3) is 0 Å². The van der Waals surface area contributed by atoms with E-state index in [0.717, 1.165) is 41.1 Å². The van der Waals surface area contributed by atoms with Crippen molar-refractivity contribution in [2.24, 2.45) is 5.92 Å². The molecule has 36 heavy (non-hydrogen) atoms. The molecule has 1 aromatic carbocycles. The van der Waals surface area contributed by atoms with Crippen LogP contribution < -0.4 is 20.4 Å². The Bertz CT molecular complexity index is 1050. The van der Waals surface area contributed by atoms with E-state index in [0.29, 0.717) is 12.0 Å². The van der Waals surface area contributed by atoms with E-state index in [4.69, 9.17) is 14.0 Å². The Labute approximate surface area is 217 Å². The average Bonchev–Trinajstić information content (AvgIpc) is 3.11. The first-order valence-corrected chi connectivity index (χ1v) is 13.1. The number of anilines is 1. The van der Waals surface area contributed by atoms with Gasteiger partial charge in [-0.15, -0.1) is 10.2 Å². The summed E-state index contributed by atoms with van der Waals surface area (Å²) in [5.41, 5.74) is 2.39. The van der Waals surface area contributed by atoms with Crippen molar-refractivity contribution in [2.75, 3.05) is 19.1 Å². The van der Waals surface area contributed by atoms with Crippen LogP contribution in [-0.2, 0) is 9.31 Å². The zero-order chi connectivity index (χ0) is 26.5. The summed E-state index contributed by atoms with van der Waals surface area (Å²) in [6.45, 7) is 17.6. The van der Waals surface area contributed by atoms with E-state index in [-0.39, 0.29) is 22.8 Å². The summed E-state index contributed by atoms with van der Waals surface area (Å²) in [6.07, 6.45) is 2.12. The van der Waals surface area contributed by atoms with Crippen LogP contribution >= 0.6 is 0 Å². The SMILES string of the molecule is COc1cc(B2OC(C(C)C)C(C)(C)O2)ccc1-c1ccc(N(C)C2CC(C)(C)NC(C)(C)C2)nn1. The van der Waals surface area contributed by atoms with Gasteiger partial charge >= 0.3 is 7.12 Å². The molecule has 0 radical (unpaired) electrons. The van der Waals surface area contributed by atoms with Crippen LogP contribution in [0, 0.1) is 5.92 Å². The van der Waals surface area contributed by atoms with Gasteiger partial charge in [0.2, 0.25) is 0 Å². The summed E-state index contributed by atoms with van der Waals surface area (Å²) in [5, 5.41) is 12.9. The van der Waals surface area contributed by atoms with Gasteiger partial charge in [0.1, 0.15) is 5.75 Å². The molecule has 2 aliphatic rings. The van der Waals surface area contributed by atoms with Crippen molar-refractivity contribution in [2.45, 2.75) is 97.1 Å². The number of aromatic nitrogens is 2. The monoisotopic (exact) mass is 494 g/mol. The van der Waals surface area contributed by atoms with E-state index in [1.165, 1.54) is 0 Å². The van der Waals surface area contributed by atoms with E-state index in [9.17, 15) is 0 Å². The predicted molar refractivity (Wildman–Crippen MR) is 147 cm³/mol. The number of nitrogens with zero attached hydrogens (tertiary/aromatic N) is 3. The molecule has 196 valence electrons. The minimum Gasteiger partial charge on any atom is -0.496 e. The lowest BCUT2D eigenvalue weighted by molar-refractivity contribution is 0.0438. The predicted octanol–water partition coefficient (Wildman–Crippen LogP) is 4.44. The van der Waals surface area contributed by atoms with Crippen LogP contribution in [0.4, 0.5) is 5.82 Å². The molecule has 8 heteroatoms. The van der Waals surface area contributed by atoms with Gasteiger partial charge in [-0.2, -0.15) is 0 Å². The molecule has 1 unspecified atom stereocenters. The van der Waals surface area contributed by atoms with Crippen molar-refractivity contribution < 1.29 is 14.0 Å². The maximum atomic E-state index is 6.28. The van der Waals surface area contributed by atoms with Crippen molar-refractivity contribution in [3.05, 3.63) is 30.3 Å². The lowest BCUT2D eigenvalue weighted by atomic mass is 9.78. The molecule has 1 aromatic heterocycles. The number of methoxy groups -OCH3 is 1. The second kappa shape index (κ2) is 9.62. The first kappa shape index (κ1) is 26.9. The van der Waals surface area contributed by atoms with Gasteiger partial charge in [-0.1, -0.05) is 19.9 Å². The van der Waals surface area contributed by atoms with Gasteiger partial charge in [-0.3, -0.25) is 0 Å². The number of hydrogen-bond donors (Lipinski definition) is 1. The fraction of sp³-hybridized carbons (Fsp3) is 0.643. The molecule has 0 amide bonds. The standard InChI is InChI=1S/C28H43BN4O3/c1-18(2)25-28(7,8)36-29(35-25)19-11-12-21(23(15-19)34-10)22-13-14-24(31-30-22)33(9)20-16-26(3,4)32-27(5,6)17-20/h11-15,18,20,25,32H,16-17H2,1-10H3. The van der Waals surface area contributed by atoms with Gasteiger partial charge < -0.3 is 24.3 Å². The van der Waals surface area contributed by atoms with Crippen molar-refractivity contribution in [3.8, 4) is 17.0 Å². The highest BCUT2D eigenvalue weighted by atomic mass is 16.7. The maximum absolute atomic E-state index is 6.28. The molecular weight excluding hydrogens is 451 g/mol. The summed E-state index contributed by atoms with van der Waals surface area (Å²) in [4.78, 5) is 2.27. The molecule has 1 atom stereocenters. The van der Waals surface area contributed by atoms with Crippen LogP contribution in [0.5, 0.6) is 5.75 Å². The number of ether oxygens (including phenoxy) is 1. The van der Waals surface area contributed by atoms with Crippen LogP contribution in [0.2, 0.25) is 0 Å². The number of nitrogens with one attached hydrogen (secondary N) is 1. The van der Waals surface area contributed by atoms with Crippen molar-refractivity contribution in [3.63, 3.8) is 0 Å². The Balaban J connectivity index is 1.53. The number of benzene rings is 1. The van der Waals surface area contributed by atoms with E-state index >= 15 is 0 Å². The van der Waals surface area contributed by atoms with Crippen molar-refractivity contribution in [1.82, 2.24) is 15.5 Å². The molecule has 0 aliphatic carbocycles. The average molecular weight is 494 g/mol. The minimum absolute atomic E-state index is 0.0275. The minimum atomic E-state index is -0.420. The molecule has 2 aromatic rings. The normalized spacial score (nSPS) is 23.2. The molecule has 0 saturated carbocycles. The zero-order valence-corrected chi connectivity index (χ0v) is 23.7. The van der Waals surface area contributed by atoms with E-state index in [1.54, 1.807) is 7.11 Å². The lowest BCUT2D eigenvalue weighted by Crippen LogP contribution is -2.62. The van der Waals surface area contributed by atoms with E-state index in [1.807, 2.05) is 24.3 Å². The number of piperidine rings is 1. The molecule has 4 rings (SSSR count). The largest absolute Gasteiger partial charge is 0.496 e. The van der Waals surface area contributed by atoms with E-state index in [2.05, 4.69) is 88.9 Å². The Morgan fingerprint density at radius 2 is 1.69 bits per heavy atom. The van der Waals surface area contributed by atoms with Crippen LogP contribution in [0.3, 0.4) is 0 Å². The molecule has 3 heterocycles. The Morgan fingerprint density at radius 3 is 2.22 bits per heavy atom. The summed E-state index contributed by atoms with van der Waals surface area (Å²) < 4.78 is 18.3. The van der Waals surface area contributed by atoms with Gasteiger partial charge in [-0.05, 0) is 90.0 Å². The third kappa shape index (κ3) is 5.56. The Kier molecular flexibility index (Phi) is 7.19. The Morgan fingerprint density at radius 1 is 1.03 bits per heavy atom. The highest BCUT2D eigenvalue weighted by molar-refractivity contribution is 6.62. The van der Waals surface area contributed by atoms with Crippen LogP contribution in [-0.4, -0.2) is 60.3 Å². The first-order chi connectivity index (χ1) is 16.7. The first-order valence-electron chi connectivity index (χ1n) is 13.1. The summed E-state index contributed by atoms with van der Waals surface area (Å²) in [7, 11) is 3.38. The highest BCUT2D eigenvalue weighted by Gasteiger charge is 2.47. The molecule has 0 bridgehead atoms. The third-order valence-corrected chi connectivity index (χ3v) is 7.47. The maximum Gasteiger partial charge on any atom is 0.494 e. The fourth-order valence-electron chi connectivity index (χ4n) is 6.23. The summed E-state index contributed by atoms with van der Waals surface area (Å²) >= 11 is 0. The van der Waals surface area contributed by atoms with Crippen molar-refractivity contribution in [1.29, 1.82) is 0 Å². The molecule has 7 nitrogen and oxygen atoms in total. The van der Waals surface area contributed by atoms with Gasteiger partial charge in [0.15, 0.2) is 5.82 Å². The second-order valence-electron chi connectivity index (χ2n) is 12.7. The third-order valence-electron chi connectivity index (χ3n) is 7.47. The smallest absolute Gasteiger partial charge is 0.494 e.